The zero-order chi connectivity index (χ0) is 13.1. The Morgan fingerprint density at radius 3 is 2.44 bits per heavy atom. The molecule has 1 N–H and O–H groups in total. The molecule has 0 aliphatic rings. The van der Waals surface area contributed by atoms with Crippen molar-refractivity contribution < 1.29 is 18.7 Å². The minimum Gasteiger partial charge on any atom is -0.476 e. The first-order valence-corrected chi connectivity index (χ1v) is 5.05. The van der Waals surface area contributed by atoms with Crippen molar-refractivity contribution in [1.29, 1.82) is 0 Å². The van der Waals surface area contributed by atoms with Crippen LogP contribution in [0.3, 0.4) is 0 Å². The maximum absolute atomic E-state index is 13.7. The molecule has 1 aromatic heterocycles. The van der Waals surface area contributed by atoms with Gasteiger partial charge in [-0.1, -0.05) is 12.1 Å². The van der Waals surface area contributed by atoms with Crippen molar-refractivity contribution in [3.8, 4) is 0 Å². The van der Waals surface area contributed by atoms with Crippen LogP contribution >= 0.6 is 0 Å². The van der Waals surface area contributed by atoms with Gasteiger partial charge in [-0.05, 0) is 17.7 Å². The van der Waals surface area contributed by atoms with E-state index in [1.807, 2.05) is 0 Å². The number of carbonyl (C=O) groups is 1. The minimum atomic E-state index is -1.45. The van der Waals surface area contributed by atoms with Gasteiger partial charge in [0.15, 0.2) is 11.5 Å². The first kappa shape index (κ1) is 12.1. The highest BCUT2D eigenvalue weighted by atomic mass is 19.1. The number of benzene rings is 1. The van der Waals surface area contributed by atoms with Crippen molar-refractivity contribution in [2.45, 2.75) is 6.42 Å². The Bertz CT molecular complexity index is 585. The van der Waals surface area contributed by atoms with Gasteiger partial charge in [0.2, 0.25) is 0 Å². The third kappa shape index (κ3) is 2.48. The maximum atomic E-state index is 13.7. The van der Waals surface area contributed by atoms with E-state index in [4.69, 9.17) is 5.11 Å². The van der Waals surface area contributed by atoms with Gasteiger partial charge in [-0.3, -0.25) is 0 Å². The number of carboxylic acids is 1. The van der Waals surface area contributed by atoms with Crippen LogP contribution in [0.1, 0.15) is 21.7 Å². The van der Waals surface area contributed by atoms with E-state index in [1.54, 1.807) is 0 Å². The quantitative estimate of drug-likeness (QED) is 0.905. The first-order valence-electron chi connectivity index (χ1n) is 5.05. The molecule has 4 nitrogen and oxygen atoms in total. The second-order valence-corrected chi connectivity index (χ2v) is 3.59. The third-order valence-corrected chi connectivity index (χ3v) is 2.35. The largest absolute Gasteiger partial charge is 0.476 e. The minimum absolute atomic E-state index is 0.0333. The van der Waals surface area contributed by atoms with Crippen LogP contribution in [0, 0.1) is 11.6 Å². The van der Waals surface area contributed by atoms with Crippen LogP contribution in [0.2, 0.25) is 0 Å². The summed E-state index contributed by atoms with van der Waals surface area (Å²) in [5, 5.41) is 8.71. The van der Waals surface area contributed by atoms with Crippen LogP contribution in [0.5, 0.6) is 0 Å². The zero-order valence-electron chi connectivity index (χ0n) is 9.10. The van der Waals surface area contributed by atoms with Crippen molar-refractivity contribution in [3.63, 3.8) is 0 Å². The molecule has 0 atom stereocenters. The molecule has 0 fully saturated rings. The monoisotopic (exact) mass is 250 g/mol. The van der Waals surface area contributed by atoms with E-state index in [-0.39, 0.29) is 12.1 Å². The lowest BCUT2D eigenvalue weighted by Crippen LogP contribution is -2.09. The number of carboxylic acid groups (broad SMARTS) is 1. The van der Waals surface area contributed by atoms with Gasteiger partial charge < -0.3 is 5.11 Å². The molecule has 1 aromatic carbocycles. The van der Waals surface area contributed by atoms with Gasteiger partial charge in [-0.2, -0.15) is 0 Å². The summed E-state index contributed by atoms with van der Waals surface area (Å²) in [6, 6.07) is 5.45. The van der Waals surface area contributed by atoms with Crippen molar-refractivity contribution in [3.05, 3.63) is 59.2 Å². The summed E-state index contributed by atoms with van der Waals surface area (Å²) in [6.07, 6.45) is 1.07. The van der Waals surface area contributed by atoms with E-state index in [9.17, 15) is 13.6 Å². The first-order chi connectivity index (χ1) is 8.58. The fourth-order valence-corrected chi connectivity index (χ4v) is 1.47. The Morgan fingerprint density at radius 2 is 1.83 bits per heavy atom. The van der Waals surface area contributed by atoms with E-state index in [1.165, 1.54) is 24.3 Å². The predicted octanol–water partition coefficient (Wildman–Crippen LogP) is 2.04. The van der Waals surface area contributed by atoms with Gasteiger partial charge in [-0.25, -0.2) is 23.5 Å². The molecule has 0 bridgehead atoms. The Morgan fingerprint density at radius 1 is 1.17 bits per heavy atom. The summed E-state index contributed by atoms with van der Waals surface area (Å²) in [5.41, 5.74) is -0.0681. The molecule has 0 saturated heterocycles. The molecule has 2 aromatic rings. The SMILES string of the molecule is O=C(O)c1ncnc(Cc2ccc(F)cc2)c1F. The smallest absolute Gasteiger partial charge is 0.357 e. The number of hydrogen-bond acceptors (Lipinski definition) is 3. The average molecular weight is 250 g/mol. The number of aromatic carboxylic acids is 1. The second-order valence-electron chi connectivity index (χ2n) is 3.59. The lowest BCUT2D eigenvalue weighted by molar-refractivity contribution is 0.0684. The summed E-state index contributed by atoms with van der Waals surface area (Å²) in [4.78, 5) is 17.7. The number of hydrogen-bond donors (Lipinski definition) is 1. The second kappa shape index (κ2) is 4.87. The van der Waals surface area contributed by atoms with Gasteiger partial charge in [0.25, 0.3) is 0 Å². The van der Waals surface area contributed by atoms with Crippen LogP contribution in [0.25, 0.3) is 0 Å². The van der Waals surface area contributed by atoms with Gasteiger partial charge in [0, 0.05) is 6.42 Å². The summed E-state index contributed by atoms with van der Waals surface area (Å²) in [7, 11) is 0. The van der Waals surface area contributed by atoms with Crippen LogP contribution in [0.4, 0.5) is 8.78 Å². The van der Waals surface area contributed by atoms with Gasteiger partial charge in [0.1, 0.15) is 12.1 Å². The van der Waals surface area contributed by atoms with E-state index < -0.39 is 23.3 Å². The predicted molar refractivity (Wildman–Crippen MR) is 58.2 cm³/mol. The standard InChI is InChI=1S/C12H8F2N2O2/c13-8-3-1-7(2-4-8)5-9-10(14)11(12(17)18)16-6-15-9/h1-4,6H,5H2,(H,17,18). The molecule has 0 radical (unpaired) electrons. The Balaban J connectivity index is 2.32. The van der Waals surface area contributed by atoms with Crippen molar-refractivity contribution in [2.75, 3.05) is 0 Å². The Labute approximate surface area is 101 Å². The normalized spacial score (nSPS) is 10.3. The summed E-state index contributed by atoms with van der Waals surface area (Å²) in [5.74, 6) is -2.81. The van der Waals surface area contributed by atoms with Crippen LogP contribution in [0.15, 0.2) is 30.6 Å². The Hall–Kier alpha value is -2.37. The lowest BCUT2D eigenvalue weighted by atomic mass is 10.1. The lowest BCUT2D eigenvalue weighted by Gasteiger charge is -2.04. The molecule has 0 unspecified atom stereocenters. The van der Waals surface area contributed by atoms with E-state index in [2.05, 4.69) is 9.97 Å². The molecule has 0 spiro atoms. The molecule has 0 saturated carbocycles. The maximum Gasteiger partial charge on any atom is 0.357 e. The highest BCUT2D eigenvalue weighted by Crippen LogP contribution is 2.13. The summed E-state index contributed by atoms with van der Waals surface area (Å²) >= 11 is 0. The van der Waals surface area contributed by atoms with E-state index >= 15 is 0 Å². The van der Waals surface area contributed by atoms with Crippen LogP contribution < -0.4 is 0 Å². The Kier molecular flexibility index (Phi) is 3.27. The van der Waals surface area contributed by atoms with Crippen molar-refractivity contribution >= 4 is 5.97 Å². The number of aromatic nitrogens is 2. The molecule has 0 amide bonds. The van der Waals surface area contributed by atoms with Crippen LogP contribution in [-0.4, -0.2) is 21.0 Å². The molecular weight excluding hydrogens is 242 g/mol. The summed E-state index contributed by atoms with van der Waals surface area (Å²) < 4.78 is 26.4. The fraction of sp³-hybridized carbons (Fsp3) is 0.0833. The third-order valence-electron chi connectivity index (χ3n) is 2.35. The topological polar surface area (TPSA) is 63.1 Å². The molecule has 92 valence electrons. The molecule has 1 heterocycles. The average Bonchev–Trinajstić information content (AvgIpc) is 2.34. The zero-order valence-corrected chi connectivity index (χ0v) is 9.10. The molecule has 18 heavy (non-hydrogen) atoms. The van der Waals surface area contributed by atoms with Gasteiger partial charge in [-0.15, -0.1) is 0 Å². The number of nitrogens with zero attached hydrogens (tertiary/aromatic N) is 2. The van der Waals surface area contributed by atoms with E-state index in [0.717, 1.165) is 6.33 Å². The highest BCUT2D eigenvalue weighted by Gasteiger charge is 2.16. The van der Waals surface area contributed by atoms with E-state index in [0.29, 0.717) is 5.56 Å². The molecule has 0 aliphatic carbocycles. The molecule has 2 rings (SSSR count). The number of halogens is 2. The van der Waals surface area contributed by atoms with Crippen molar-refractivity contribution in [2.24, 2.45) is 0 Å². The molecular formula is C12H8F2N2O2. The fourth-order valence-electron chi connectivity index (χ4n) is 1.47. The molecule has 6 heteroatoms. The van der Waals surface area contributed by atoms with Gasteiger partial charge >= 0.3 is 5.97 Å². The number of rotatable bonds is 3. The highest BCUT2D eigenvalue weighted by molar-refractivity contribution is 5.85. The summed E-state index contributed by atoms with van der Waals surface area (Å²) in [6.45, 7) is 0. The van der Waals surface area contributed by atoms with Gasteiger partial charge in [0.05, 0.1) is 5.69 Å². The van der Waals surface area contributed by atoms with Crippen LogP contribution in [-0.2, 0) is 6.42 Å². The van der Waals surface area contributed by atoms with Crippen molar-refractivity contribution in [1.82, 2.24) is 9.97 Å². The molecule has 0 aliphatic heterocycles.